The molecule has 1 aromatic heterocycles. The molecule has 7 heteroatoms. The number of hydrogen-bond acceptors (Lipinski definition) is 7. The first-order valence-electron chi connectivity index (χ1n) is 7.87. The minimum atomic E-state index is -0.467. The molecule has 6 nitrogen and oxygen atoms in total. The molecular formula is C19H16N2O4S. The van der Waals surface area contributed by atoms with Gasteiger partial charge in [-0.3, -0.25) is 4.79 Å². The molecule has 0 radical (unpaired) electrons. The maximum Gasteiger partial charge on any atom is 0.344 e. The molecular weight excluding hydrogens is 352 g/mol. The fourth-order valence-electron chi connectivity index (χ4n) is 2.22. The zero-order valence-corrected chi connectivity index (χ0v) is 15.1. The van der Waals surface area contributed by atoms with Gasteiger partial charge >= 0.3 is 5.97 Å². The summed E-state index contributed by atoms with van der Waals surface area (Å²) >= 11 is 1.42. The lowest BCUT2D eigenvalue weighted by Gasteiger charge is -2.08. The molecule has 132 valence electrons. The Morgan fingerprint density at radius 3 is 2.50 bits per heavy atom. The Hall–Kier alpha value is -2.93. The van der Waals surface area contributed by atoms with E-state index in [2.05, 4.69) is 10.1 Å². The second-order valence-electron chi connectivity index (χ2n) is 5.49. The second kappa shape index (κ2) is 7.97. The van der Waals surface area contributed by atoms with E-state index in [0.717, 1.165) is 4.90 Å². The molecule has 3 aromatic rings. The van der Waals surface area contributed by atoms with E-state index in [1.54, 1.807) is 43.3 Å². The van der Waals surface area contributed by atoms with Gasteiger partial charge < -0.3 is 9.26 Å². The lowest BCUT2D eigenvalue weighted by atomic mass is 10.1. The molecule has 3 rings (SSSR count). The van der Waals surface area contributed by atoms with Crippen molar-refractivity contribution in [3.05, 3.63) is 71.4 Å². The molecule has 2 aromatic carbocycles. The summed E-state index contributed by atoms with van der Waals surface area (Å²) in [4.78, 5) is 28.7. The van der Waals surface area contributed by atoms with Gasteiger partial charge in [0.2, 0.25) is 5.89 Å². The number of ether oxygens (including phenoxy) is 1. The number of aryl methyl sites for hydroxylation is 1. The second-order valence-corrected chi connectivity index (χ2v) is 6.51. The van der Waals surface area contributed by atoms with Crippen LogP contribution in [0.15, 0.2) is 57.9 Å². The van der Waals surface area contributed by atoms with Gasteiger partial charge in [-0.05, 0) is 50.2 Å². The number of hydrogen-bond donors (Lipinski definition) is 0. The molecule has 0 unspecified atom stereocenters. The topological polar surface area (TPSA) is 82.3 Å². The number of Topliss-reactive ketones (excluding diaryl/α,β-unsaturated/α-hetero) is 1. The first-order chi connectivity index (χ1) is 12.5. The zero-order chi connectivity index (χ0) is 18.5. The Bertz CT molecular complexity index is 935. The van der Waals surface area contributed by atoms with E-state index in [1.807, 2.05) is 12.1 Å². The van der Waals surface area contributed by atoms with Crippen molar-refractivity contribution < 1.29 is 18.8 Å². The molecule has 0 amide bonds. The van der Waals surface area contributed by atoms with E-state index in [9.17, 15) is 9.59 Å². The van der Waals surface area contributed by atoms with Crippen molar-refractivity contribution >= 4 is 23.5 Å². The van der Waals surface area contributed by atoms with Gasteiger partial charge in [0.15, 0.2) is 11.6 Å². The van der Waals surface area contributed by atoms with Gasteiger partial charge in [0.25, 0.3) is 0 Å². The minimum Gasteiger partial charge on any atom is -0.423 e. The Balaban J connectivity index is 1.71. The van der Waals surface area contributed by atoms with Crippen molar-refractivity contribution in [3.63, 3.8) is 0 Å². The van der Waals surface area contributed by atoms with Crippen molar-refractivity contribution in [1.82, 2.24) is 10.1 Å². The Morgan fingerprint density at radius 1 is 1.12 bits per heavy atom. The van der Waals surface area contributed by atoms with Gasteiger partial charge in [0.1, 0.15) is 5.75 Å². The van der Waals surface area contributed by atoms with E-state index in [-0.39, 0.29) is 5.78 Å². The molecule has 0 bridgehead atoms. The Labute approximate surface area is 154 Å². The first kappa shape index (κ1) is 17.9. The fourth-order valence-corrected chi connectivity index (χ4v) is 3.10. The molecule has 0 N–H and O–H groups in total. The summed E-state index contributed by atoms with van der Waals surface area (Å²) in [5.74, 6) is 1.40. The summed E-state index contributed by atoms with van der Waals surface area (Å²) < 4.78 is 10.5. The average molecular weight is 368 g/mol. The van der Waals surface area contributed by atoms with Crippen LogP contribution < -0.4 is 4.74 Å². The first-order valence-corrected chi connectivity index (χ1v) is 8.85. The van der Waals surface area contributed by atoms with Gasteiger partial charge in [0.05, 0.1) is 11.3 Å². The zero-order valence-electron chi connectivity index (χ0n) is 14.3. The number of carbonyl (C=O) groups is 2. The van der Waals surface area contributed by atoms with E-state index < -0.39 is 5.97 Å². The lowest BCUT2D eigenvalue weighted by molar-refractivity contribution is 0.0731. The summed E-state index contributed by atoms with van der Waals surface area (Å²) in [6.07, 6.45) is 0. The van der Waals surface area contributed by atoms with Crippen LogP contribution in [0, 0.1) is 6.92 Å². The van der Waals surface area contributed by atoms with Gasteiger partial charge in [-0.15, -0.1) is 11.8 Å². The summed E-state index contributed by atoms with van der Waals surface area (Å²) in [6.45, 7) is 3.24. The number of benzene rings is 2. The van der Waals surface area contributed by atoms with Crippen LogP contribution in [0.5, 0.6) is 5.75 Å². The molecule has 1 heterocycles. The van der Waals surface area contributed by atoms with Crippen LogP contribution in [0.2, 0.25) is 0 Å². The van der Waals surface area contributed by atoms with Crippen LogP contribution in [0.25, 0.3) is 0 Å². The largest absolute Gasteiger partial charge is 0.423 e. The third-order valence-electron chi connectivity index (χ3n) is 3.50. The van der Waals surface area contributed by atoms with Crippen molar-refractivity contribution in [2.75, 3.05) is 0 Å². The smallest absolute Gasteiger partial charge is 0.344 e. The molecule has 0 atom stereocenters. The minimum absolute atomic E-state index is 0.0408. The van der Waals surface area contributed by atoms with E-state index in [0.29, 0.717) is 34.3 Å². The van der Waals surface area contributed by atoms with Crippen LogP contribution in [0.1, 0.15) is 39.4 Å². The number of ketones is 1. The molecule has 0 saturated carbocycles. The fraction of sp³-hybridized carbons (Fsp3) is 0.158. The van der Waals surface area contributed by atoms with Crippen LogP contribution in [0.3, 0.4) is 0 Å². The highest BCUT2D eigenvalue weighted by Crippen LogP contribution is 2.27. The summed E-state index contributed by atoms with van der Waals surface area (Å²) in [5, 5.41) is 3.75. The van der Waals surface area contributed by atoms with Gasteiger partial charge in [-0.25, -0.2) is 4.79 Å². The van der Waals surface area contributed by atoms with Gasteiger partial charge in [0, 0.05) is 10.5 Å². The van der Waals surface area contributed by atoms with Gasteiger partial charge in [-0.1, -0.05) is 17.3 Å². The average Bonchev–Trinajstić information content (AvgIpc) is 3.06. The van der Waals surface area contributed by atoms with Crippen LogP contribution >= 0.6 is 11.8 Å². The van der Waals surface area contributed by atoms with E-state index in [1.165, 1.54) is 18.7 Å². The highest BCUT2D eigenvalue weighted by molar-refractivity contribution is 7.98. The molecule has 0 spiro atoms. The summed E-state index contributed by atoms with van der Waals surface area (Å²) in [6, 6.07) is 13.6. The van der Waals surface area contributed by atoms with Crippen LogP contribution in [-0.2, 0) is 5.75 Å². The number of aromatic nitrogens is 2. The van der Waals surface area contributed by atoms with E-state index >= 15 is 0 Å². The summed E-state index contributed by atoms with van der Waals surface area (Å²) in [7, 11) is 0. The molecule has 0 aliphatic carbocycles. The van der Waals surface area contributed by atoms with Crippen molar-refractivity contribution in [1.29, 1.82) is 0 Å². The van der Waals surface area contributed by atoms with Crippen LogP contribution in [-0.4, -0.2) is 21.9 Å². The predicted octanol–water partition coefficient (Wildman–Crippen LogP) is 4.09. The third-order valence-corrected chi connectivity index (χ3v) is 4.56. The Kier molecular flexibility index (Phi) is 5.48. The van der Waals surface area contributed by atoms with Crippen molar-refractivity contribution in [3.8, 4) is 5.75 Å². The lowest BCUT2D eigenvalue weighted by Crippen LogP contribution is -2.10. The Morgan fingerprint density at radius 2 is 1.85 bits per heavy atom. The quantitative estimate of drug-likeness (QED) is 0.280. The standard InChI is InChI=1S/C19H16N2O4S/c1-12(22)14-7-9-15(10-8-14)24-19(23)16-5-3-4-6-17(16)26-11-18-20-13(2)21-25-18/h3-10H,11H2,1-2H3. The maximum atomic E-state index is 12.5. The highest BCUT2D eigenvalue weighted by Gasteiger charge is 2.15. The third kappa shape index (κ3) is 4.37. The SMILES string of the molecule is CC(=O)c1ccc(OC(=O)c2ccccc2SCc2nc(C)no2)cc1. The van der Waals surface area contributed by atoms with Crippen molar-refractivity contribution in [2.24, 2.45) is 0 Å². The van der Waals surface area contributed by atoms with Gasteiger partial charge in [-0.2, -0.15) is 4.98 Å². The normalized spacial score (nSPS) is 10.5. The van der Waals surface area contributed by atoms with Crippen LogP contribution in [0.4, 0.5) is 0 Å². The number of nitrogens with zero attached hydrogens (tertiary/aromatic N) is 2. The summed E-state index contributed by atoms with van der Waals surface area (Å²) in [5.41, 5.74) is 1.01. The highest BCUT2D eigenvalue weighted by atomic mass is 32.2. The number of rotatable bonds is 6. The monoisotopic (exact) mass is 368 g/mol. The molecule has 0 aliphatic rings. The predicted molar refractivity (Wildman–Crippen MR) is 96.4 cm³/mol. The number of carbonyl (C=O) groups excluding carboxylic acids is 2. The number of esters is 1. The maximum absolute atomic E-state index is 12.5. The molecule has 0 aliphatic heterocycles. The number of thioether (sulfide) groups is 1. The van der Waals surface area contributed by atoms with E-state index in [4.69, 9.17) is 9.26 Å². The molecule has 0 saturated heterocycles. The molecule has 0 fully saturated rings. The molecule has 26 heavy (non-hydrogen) atoms. The van der Waals surface area contributed by atoms with Crippen molar-refractivity contribution in [2.45, 2.75) is 24.5 Å².